The monoisotopic (exact) mass is 1190 g/mol. The number of ether oxygens (including phenoxy) is 8. The number of sulfonamides is 1. The van der Waals surface area contributed by atoms with Gasteiger partial charge in [0, 0.05) is 26.2 Å². The number of nitrogens with zero attached hydrogens (tertiary/aromatic N) is 2. The molecule has 4 aromatic carbocycles. The molecule has 2 amide bonds. The van der Waals surface area contributed by atoms with Gasteiger partial charge >= 0.3 is 0 Å². The van der Waals surface area contributed by atoms with Crippen LogP contribution in [-0.4, -0.2) is 181 Å². The highest BCUT2D eigenvalue weighted by molar-refractivity contribution is 7.91. The van der Waals surface area contributed by atoms with Gasteiger partial charge in [0.15, 0.2) is 9.84 Å². The second-order valence-electron chi connectivity index (χ2n) is 22.0. The van der Waals surface area contributed by atoms with Crippen LogP contribution in [0.3, 0.4) is 0 Å². The minimum absolute atomic E-state index is 0.0358. The van der Waals surface area contributed by atoms with Gasteiger partial charge < -0.3 is 48.5 Å². The van der Waals surface area contributed by atoms with Crippen molar-refractivity contribution in [3.63, 3.8) is 0 Å². The van der Waals surface area contributed by atoms with E-state index >= 15 is 0 Å². The summed E-state index contributed by atoms with van der Waals surface area (Å²) in [6.07, 6.45) is 9.37. The van der Waals surface area contributed by atoms with Crippen LogP contribution >= 0.6 is 0 Å². The third-order valence-corrected chi connectivity index (χ3v) is 19.1. The lowest BCUT2D eigenvalue weighted by Gasteiger charge is -2.35. The summed E-state index contributed by atoms with van der Waals surface area (Å²) in [5, 5.41) is 5.47. The number of nitrogens with one attached hydrogen (secondary N) is 3. The van der Waals surface area contributed by atoms with Crippen molar-refractivity contribution in [2.24, 2.45) is 5.41 Å². The van der Waals surface area contributed by atoms with Gasteiger partial charge in [-0.2, -0.15) is 0 Å². The molecule has 4 atom stereocenters. The molecule has 8 rings (SSSR count). The Morgan fingerprint density at radius 1 is 0.482 bits per heavy atom. The molecule has 2 heterocycles. The van der Waals surface area contributed by atoms with E-state index in [1.165, 1.54) is 60.8 Å². The molecule has 0 spiro atoms. The Kier molecular flexibility index (Phi) is 25.0. The van der Waals surface area contributed by atoms with Gasteiger partial charge in [-0.15, -0.1) is 0 Å². The first-order valence-electron chi connectivity index (χ1n) is 29.7. The molecule has 3 N–H and O–H groups in total. The fraction of sp³-hybridized carbons (Fsp3) is 0.581. The topological polar surface area (TPSA) is 219 Å². The Morgan fingerprint density at radius 3 is 1.31 bits per heavy atom. The molecular weight excluding hydrogens is 1100 g/mol. The average molecular weight is 1190 g/mol. The largest absolute Gasteiger partial charge is 0.484 e. The molecule has 0 radical (unpaired) electrons. The minimum Gasteiger partial charge on any atom is -0.484 e. The van der Waals surface area contributed by atoms with Crippen molar-refractivity contribution in [3.8, 4) is 11.5 Å². The van der Waals surface area contributed by atoms with Gasteiger partial charge in [-0.3, -0.25) is 19.4 Å². The van der Waals surface area contributed by atoms with Crippen LogP contribution in [0.4, 0.5) is 0 Å². The third-order valence-electron chi connectivity index (χ3n) is 15.8. The van der Waals surface area contributed by atoms with E-state index in [-0.39, 0.29) is 99.1 Å². The predicted octanol–water partition coefficient (Wildman–Crippen LogP) is 6.25. The number of amides is 2. The van der Waals surface area contributed by atoms with Crippen molar-refractivity contribution >= 4 is 31.7 Å². The second kappa shape index (κ2) is 32.5. The van der Waals surface area contributed by atoms with Gasteiger partial charge in [-0.25, -0.2) is 21.6 Å². The SMILES string of the molecule is CC(C)(C(=O)NCCOCCOCCOCCCS(=O)(=O)c1ccc(O[C@H]2c3ccccc3C[C@@H]2N2CCCCC2)cc1)C(=O)NCCOCCOCCOCCNS(=O)(=O)c1ccc(O[C@H]2c3ccccc3C[C@@H]2N2CCCCC2)cc1. The summed E-state index contributed by atoms with van der Waals surface area (Å²) in [5.41, 5.74) is 3.71. The molecule has 4 aliphatic rings. The number of hydrogen-bond donors (Lipinski definition) is 3. The molecule has 0 bridgehead atoms. The lowest BCUT2D eigenvalue weighted by atomic mass is 9.91. The molecule has 83 heavy (non-hydrogen) atoms. The summed E-state index contributed by atoms with van der Waals surface area (Å²) < 4.78 is 101. The molecule has 0 unspecified atom stereocenters. The van der Waals surface area contributed by atoms with Crippen molar-refractivity contribution in [2.45, 2.75) is 106 Å². The maximum atomic E-state index is 13.1. The maximum absolute atomic E-state index is 13.1. The standard InChI is InChI=1S/C62H87N5O14S2/c1-62(2,60(68)63-26-34-75-38-42-78-41-37-74-33-13-45-82(70,71)52-22-18-50(19-23-52)80-58-54-16-7-5-14-48(54)46-56(58)66-29-9-3-10-30-66)61(69)64-27-35-76-39-43-79-44-40-77-36-28-65-83(72,73)53-24-20-51(21-25-53)81-59-55-17-8-6-15-49(55)47-57(59)67-31-11-4-12-32-67/h5-8,14-25,56-59,65H,3-4,9-13,26-47H2,1-2H3,(H,63,68)(H,64,69)/t56-,57-,58-,59-/m0/s1. The lowest BCUT2D eigenvalue weighted by Crippen LogP contribution is -2.49. The number of fused-ring (bicyclic) bond motifs is 2. The first kappa shape index (κ1) is 64.0. The van der Waals surface area contributed by atoms with Crippen LogP contribution in [0.25, 0.3) is 0 Å². The molecule has 4 aromatic rings. The Hall–Kier alpha value is -5.04. The van der Waals surface area contributed by atoms with Crippen molar-refractivity contribution in [2.75, 3.05) is 131 Å². The number of hydrogen-bond acceptors (Lipinski definition) is 16. The van der Waals surface area contributed by atoms with E-state index in [1.807, 2.05) is 6.07 Å². The van der Waals surface area contributed by atoms with E-state index in [9.17, 15) is 26.4 Å². The lowest BCUT2D eigenvalue weighted by molar-refractivity contribution is -0.141. The van der Waals surface area contributed by atoms with E-state index in [0.717, 1.165) is 39.0 Å². The van der Waals surface area contributed by atoms with Gasteiger partial charge in [-0.05, 0) is 156 Å². The summed E-state index contributed by atoms with van der Waals surface area (Å²) in [5.74, 6) is 0.381. The third kappa shape index (κ3) is 19.0. The van der Waals surface area contributed by atoms with E-state index in [2.05, 4.69) is 67.6 Å². The number of likely N-dealkylation sites (tertiary alicyclic amines) is 2. The normalized spacial score (nSPS) is 19.5. The number of piperidine rings is 2. The van der Waals surface area contributed by atoms with Gasteiger partial charge in [0.2, 0.25) is 21.8 Å². The Balaban J connectivity index is 0.577. The second-order valence-corrected chi connectivity index (χ2v) is 25.9. The molecule has 2 fully saturated rings. The van der Waals surface area contributed by atoms with Gasteiger partial charge in [0.05, 0.1) is 100 Å². The summed E-state index contributed by atoms with van der Waals surface area (Å²) in [6.45, 7) is 11.2. The minimum atomic E-state index is -3.75. The van der Waals surface area contributed by atoms with Gasteiger partial charge in [-0.1, -0.05) is 61.4 Å². The van der Waals surface area contributed by atoms with E-state index in [1.54, 1.807) is 62.4 Å². The smallest absolute Gasteiger partial charge is 0.240 e. The van der Waals surface area contributed by atoms with Crippen LogP contribution in [0.2, 0.25) is 0 Å². The summed E-state index contributed by atoms with van der Waals surface area (Å²) in [4.78, 5) is 31.1. The molecule has 0 saturated carbocycles. The zero-order valence-corrected chi connectivity index (χ0v) is 50.1. The van der Waals surface area contributed by atoms with Crippen LogP contribution in [0.15, 0.2) is 107 Å². The molecule has 2 saturated heterocycles. The predicted molar refractivity (Wildman–Crippen MR) is 315 cm³/mol. The molecule has 21 heteroatoms. The highest BCUT2D eigenvalue weighted by Crippen LogP contribution is 2.41. The van der Waals surface area contributed by atoms with Crippen molar-refractivity contribution in [1.82, 2.24) is 25.2 Å². The summed E-state index contributed by atoms with van der Waals surface area (Å²) in [7, 11) is -7.24. The maximum Gasteiger partial charge on any atom is 0.240 e. The van der Waals surface area contributed by atoms with E-state index in [0.29, 0.717) is 57.6 Å². The van der Waals surface area contributed by atoms with E-state index in [4.69, 9.17) is 37.9 Å². The van der Waals surface area contributed by atoms with Crippen LogP contribution in [-0.2, 0) is 70.7 Å². The molecule has 2 aliphatic carbocycles. The number of carbonyl (C=O) groups excluding carboxylic acids is 2. The van der Waals surface area contributed by atoms with Crippen LogP contribution in [0.5, 0.6) is 11.5 Å². The van der Waals surface area contributed by atoms with Crippen molar-refractivity contribution in [1.29, 1.82) is 0 Å². The fourth-order valence-corrected chi connectivity index (χ4v) is 13.4. The van der Waals surface area contributed by atoms with Crippen LogP contribution in [0.1, 0.15) is 93.3 Å². The number of benzene rings is 4. The number of rotatable bonds is 36. The molecule has 0 aromatic heterocycles. The van der Waals surface area contributed by atoms with Gasteiger partial charge in [0.1, 0.15) is 29.1 Å². The Bertz CT molecular complexity index is 2660. The summed E-state index contributed by atoms with van der Waals surface area (Å²) >= 11 is 0. The summed E-state index contributed by atoms with van der Waals surface area (Å²) in [6, 6.07) is 30.8. The molecule has 456 valence electrons. The highest BCUT2D eigenvalue weighted by atomic mass is 32.2. The van der Waals surface area contributed by atoms with Crippen LogP contribution < -0.4 is 24.8 Å². The molecule has 19 nitrogen and oxygen atoms in total. The Labute approximate surface area is 491 Å². The van der Waals surface area contributed by atoms with Gasteiger partial charge in [0.25, 0.3) is 0 Å². The molecule has 2 aliphatic heterocycles. The fourth-order valence-electron chi connectivity index (χ4n) is 11.1. The van der Waals surface area contributed by atoms with Crippen molar-refractivity contribution in [3.05, 3.63) is 119 Å². The van der Waals surface area contributed by atoms with E-state index < -0.39 is 37.1 Å². The zero-order valence-electron chi connectivity index (χ0n) is 48.5. The highest BCUT2D eigenvalue weighted by Gasteiger charge is 2.40. The average Bonchev–Trinajstić information content (AvgIpc) is 3.98. The zero-order chi connectivity index (χ0) is 58.3. The number of carbonyl (C=O) groups is 2. The first-order valence-corrected chi connectivity index (χ1v) is 32.9. The van der Waals surface area contributed by atoms with Crippen LogP contribution in [0, 0.1) is 5.41 Å². The Morgan fingerprint density at radius 2 is 0.867 bits per heavy atom. The molecular formula is C62H87N5O14S2. The van der Waals surface area contributed by atoms with Crippen molar-refractivity contribution < 1.29 is 64.3 Å². The first-order chi connectivity index (χ1) is 40.3. The quantitative estimate of drug-likeness (QED) is 0.0339. The number of sulfone groups is 1.